The Bertz CT molecular complexity index is 948. The van der Waals surface area contributed by atoms with Crippen LogP contribution in [0.25, 0.3) is 10.9 Å². The Kier molecular flexibility index (Phi) is 4.23. The molecular weight excluding hydrogens is 380 g/mol. The van der Waals surface area contributed by atoms with Gasteiger partial charge in [0.25, 0.3) is 5.69 Å². The van der Waals surface area contributed by atoms with Gasteiger partial charge in [-0.05, 0) is 34.1 Å². The van der Waals surface area contributed by atoms with Crippen molar-refractivity contribution in [3.05, 3.63) is 60.7 Å². The minimum atomic E-state index is -0.485. The molecule has 0 radical (unpaired) electrons. The monoisotopic (exact) mass is 388 g/mol. The van der Waals surface area contributed by atoms with Gasteiger partial charge in [-0.2, -0.15) is 5.26 Å². The number of non-ortho nitro benzene ring substituents is 1. The lowest BCUT2D eigenvalue weighted by atomic mass is 10.1. The lowest BCUT2D eigenvalue weighted by molar-refractivity contribution is -0.384. The minimum Gasteiger partial charge on any atom is -0.365 e. The van der Waals surface area contributed by atoms with Crippen LogP contribution in [0.15, 0.2) is 40.2 Å². The maximum absolute atomic E-state index is 10.9. The smallest absolute Gasteiger partial charge is 0.270 e. The van der Waals surface area contributed by atoms with Gasteiger partial charge < -0.3 is 5.32 Å². The van der Waals surface area contributed by atoms with E-state index in [2.05, 4.69) is 32.3 Å². The van der Waals surface area contributed by atoms with E-state index in [-0.39, 0.29) is 5.69 Å². The van der Waals surface area contributed by atoms with Gasteiger partial charge in [-0.1, -0.05) is 0 Å². The van der Waals surface area contributed by atoms with E-state index in [9.17, 15) is 15.4 Å². The fourth-order valence-corrected chi connectivity index (χ4v) is 3.53. The lowest BCUT2D eigenvalue weighted by Crippen LogP contribution is -2.01. The third kappa shape index (κ3) is 3.31. The number of nitriles is 1. The third-order valence-electron chi connectivity index (χ3n) is 3.19. The quantitative estimate of drug-likeness (QED) is 0.526. The Morgan fingerprint density at radius 3 is 2.87 bits per heavy atom. The van der Waals surface area contributed by atoms with Gasteiger partial charge in [0.1, 0.15) is 5.82 Å². The molecule has 23 heavy (non-hydrogen) atoms. The number of hydrogen-bond acceptors (Lipinski definition) is 6. The standard InChI is InChI=1S/C15H9BrN4O2S/c16-10-4-12(23-8-10)7-18-15-3-9(6-17)13-5-11(20(21)22)1-2-14(13)19-15/h1-5,8H,7H2,(H,18,19). The van der Waals surface area contributed by atoms with E-state index in [4.69, 9.17) is 0 Å². The van der Waals surface area contributed by atoms with Crippen LogP contribution in [0.3, 0.4) is 0 Å². The minimum absolute atomic E-state index is 0.0556. The molecule has 0 aliphatic carbocycles. The second-order valence-electron chi connectivity index (χ2n) is 4.71. The normalized spacial score (nSPS) is 10.4. The Balaban J connectivity index is 1.95. The second kappa shape index (κ2) is 6.32. The van der Waals surface area contributed by atoms with E-state index >= 15 is 0 Å². The van der Waals surface area contributed by atoms with E-state index in [0.717, 1.165) is 9.35 Å². The molecule has 6 nitrogen and oxygen atoms in total. The number of nitrogens with zero attached hydrogens (tertiary/aromatic N) is 3. The van der Waals surface area contributed by atoms with Crippen LogP contribution in [0.4, 0.5) is 11.5 Å². The molecule has 2 heterocycles. The molecule has 0 fully saturated rings. The molecule has 0 saturated carbocycles. The molecule has 0 amide bonds. The van der Waals surface area contributed by atoms with Crippen LogP contribution >= 0.6 is 27.3 Å². The van der Waals surface area contributed by atoms with Gasteiger partial charge in [0.2, 0.25) is 0 Å². The van der Waals surface area contributed by atoms with E-state index in [1.54, 1.807) is 23.5 Å². The zero-order valence-electron chi connectivity index (χ0n) is 11.6. The molecule has 2 aromatic heterocycles. The highest BCUT2D eigenvalue weighted by atomic mass is 79.9. The van der Waals surface area contributed by atoms with Crippen molar-refractivity contribution >= 4 is 49.7 Å². The number of anilines is 1. The van der Waals surface area contributed by atoms with E-state index in [0.29, 0.717) is 28.8 Å². The first-order valence-electron chi connectivity index (χ1n) is 6.53. The Hall–Kier alpha value is -2.50. The Morgan fingerprint density at radius 2 is 2.22 bits per heavy atom. The molecule has 1 N–H and O–H groups in total. The van der Waals surface area contributed by atoms with Crippen molar-refractivity contribution in [1.82, 2.24) is 4.98 Å². The summed E-state index contributed by atoms with van der Waals surface area (Å²) in [5.74, 6) is 0.562. The molecule has 0 aliphatic rings. The molecule has 114 valence electrons. The largest absolute Gasteiger partial charge is 0.365 e. The summed E-state index contributed by atoms with van der Waals surface area (Å²) >= 11 is 5.01. The number of aromatic nitrogens is 1. The SMILES string of the molecule is N#Cc1cc(NCc2cc(Br)cs2)nc2ccc([N+](=O)[O-])cc12. The summed E-state index contributed by atoms with van der Waals surface area (Å²) in [6, 6.07) is 10.0. The van der Waals surface area contributed by atoms with Gasteiger partial charge in [-0.15, -0.1) is 11.3 Å². The van der Waals surface area contributed by atoms with Crippen LogP contribution < -0.4 is 5.32 Å². The van der Waals surface area contributed by atoms with Gasteiger partial charge in [0, 0.05) is 32.2 Å². The summed E-state index contributed by atoms with van der Waals surface area (Å²) in [5.41, 5.74) is 0.845. The number of hydrogen-bond donors (Lipinski definition) is 1. The molecule has 0 bridgehead atoms. The van der Waals surface area contributed by atoms with E-state index < -0.39 is 4.92 Å². The van der Waals surface area contributed by atoms with E-state index in [1.165, 1.54) is 12.1 Å². The van der Waals surface area contributed by atoms with Crippen molar-refractivity contribution in [2.24, 2.45) is 0 Å². The van der Waals surface area contributed by atoms with Gasteiger partial charge in [-0.25, -0.2) is 4.98 Å². The molecule has 0 spiro atoms. The number of fused-ring (bicyclic) bond motifs is 1. The number of thiophene rings is 1. The van der Waals surface area contributed by atoms with Crippen molar-refractivity contribution in [3.8, 4) is 6.07 Å². The van der Waals surface area contributed by atoms with Crippen LogP contribution in [0.5, 0.6) is 0 Å². The first kappa shape index (κ1) is 15.4. The fraction of sp³-hybridized carbons (Fsp3) is 0.0667. The van der Waals surface area contributed by atoms with E-state index in [1.807, 2.05) is 11.4 Å². The zero-order valence-corrected chi connectivity index (χ0v) is 14.0. The third-order valence-corrected chi connectivity index (χ3v) is 4.89. The van der Waals surface area contributed by atoms with Crippen molar-refractivity contribution < 1.29 is 4.92 Å². The van der Waals surface area contributed by atoms with Crippen molar-refractivity contribution in [3.63, 3.8) is 0 Å². The van der Waals surface area contributed by atoms with Crippen LogP contribution in [-0.2, 0) is 6.54 Å². The van der Waals surface area contributed by atoms with Crippen molar-refractivity contribution in [2.45, 2.75) is 6.54 Å². The number of nitrogens with one attached hydrogen (secondary N) is 1. The van der Waals surface area contributed by atoms with Crippen LogP contribution in [0, 0.1) is 21.4 Å². The summed E-state index contributed by atoms with van der Waals surface area (Å²) < 4.78 is 1.02. The Morgan fingerprint density at radius 1 is 1.39 bits per heavy atom. The molecule has 0 atom stereocenters. The fourth-order valence-electron chi connectivity index (χ4n) is 2.13. The summed E-state index contributed by atoms with van der Waals surface area (Å²) in [5, 5.41) is 25.8. The summed E-state index contributed by atoms with van der Waals surface area (Å²) in [4.78, 5) is 15.9. The Labute approximate surface area is 143 Å². The molecule has 0 saturated heterocycles. The number of halogens is 1. The molecule has 8 heteroatoms. The number of pyridine rings is 1. The number of benzene rings is 1. The first-order chi connectivity index (χ1) is 11.1. The molecule has 1 aromatic carbocycles. The zero-order chi connectivity index (χ0) is 16.4. The highest BCUT2D eigenvalue weighted by Crippen LogP contribution is 2.26. The van der Waals surface area contributed by atoms with Gasteiger partial charge in [-0.3, -0.25) is 10.1 Å². The van der Waals surface area contributed by atoms with Crippen molar-refractivity contribution in [1.29, 1.82) is 5.26 Å². The average Bonchev–Trinajstić information content (AvgIpc) is 2.97. The van der Waals surface area contributed by atoms with Crippen LogP contribution in [0.1, 0.15) is 10.4 Å². The summed E-state index contributed by atoms with van der Waals surface area (Å²) in [6.45, 7) is 0.590. The molecule has 3 aromatic rings. The average molecular weight is 389 g/mol. The summed E-state index contributed by atoms with van der Waals surface area (Å²) in [7, 11) is 0. The van der Waals surface area contributed by atoms with Crippen LogP contribution in [-0.4, -0.2) is 9.91 Å². The summed E-state index contributed by atoms with van der Waals surface area (Å²) in [6.07, 6.45) is 0. The lowest BCUT2D eigenvalue weighted by Gasteiger charge is -2.07. The molecular formula is C15H9BrN4O2S. The maximum atomic E-state index is 10.9. The van der Waals surface area contributed by atoms with Gasteiger partial charge in [0.15, 0.2) is 0 Å². The number of nitro benzene ring substituents is 1. The molecule has 0 aliphatic heterocycles. The van der Waals surface area contributed by atoms with Crippen LogP contribution in [0.2, 0.25) is 0 Å². The number of rotatable bonds is 4. The van der Waals surface area contributed by atoms with Gasteiger partial charge >= 0.3 is 0 Å². The number of nitro groups is 1. The predicted molar refractivity (Wildman–Crippen MR) is 92.5 cm³/mol. The molecule has 0 unspecified atom stereocenters. The van der Waals surface area contributed by atoms with Crippen molar-refractivity contribution in [2.75, 3.05) is 5.32 Å². The topological polar surface area (TPSA) is 91.8 Å². The second-order valence-corrected chi connectivity index (χ2v) is 6.62. The first-order valence-corrected chi connectivity index (χ1v) is 8.20. The highest BCUT2D eigenvalue weighted by Gasteiger charge is 2.11. The molecule has 3 rings (SSSR count). The maximum Gasteiger partial charge on any atom is 0.270 e. The highest BCUT2D eigenvalue weighted by molar-refractivity contribution is 9.10. The van der Waals surface area contributed by atoms with Gasteiger partial charge in [0.05, 0.1) is 28.6 Å². The predicted octanol–water partition coefficient (Wildman–Crippen LogP) is 4.45.